The summed E-state index contributed by atoms with van der Waals surface area (Å²) in [5.41, 5.74) is 0.565. The number of alkyl halides is 1. The molecule has 0 saturated heterocycles. The molecule has 0 saturated carbocycles. The van der Waals surface area contributed by atoms with E-state index in [4.69, 9.17) is 14.2 Å². The summed E-state index contributed by atoms with van der Waals surface area (Å²) in [4.78, 5) is 4.02. The van der Waals surface area contributed by atoms with Crippen molar-refractivity contribution in [1.29, 1.82) is 0 Å². The summed E-state index contributed by atoms with van der Waals surface area (Å²) in [7, 11) is 2.97. The maximum absolute atomic E-state index is 12.9. The maximum atomic E-state index is 12.9. The van der Waals surface area contributed by atoms with Crippen LogP contribution in [-0.2, 0) is 6.42 Å². The van der Waals surface area contributed by atoms with Gasteiger partial charge in [-0.1, -0.05) is 0 Å². The lowest BCUT2D eigenvalue weighted by atomic mass is 10.2. The fraction of sp³-hybridized carbons (Fsp3) is 0.444. The smallest absolute Gasteiger partial charge is 0.244 e. The van der Waals surface area contributed by atoms with Crippen molar-refractivity contribution in [3.05, 3.63) is 11.9 Å². The highest BCUT2D eigenvalue weighted by atomic mass is 19.1. The topological polar surface area (TPSA) is 40.6 Å². The van der Waals surface area contributed by atoms with Gasteiger partial charge in [0.05, 0.1) is 32.5 Å². The molecular formula is C9H10FNO3. The van der Waals surface area contributed by atoms with Crippen molar-refractivity contribution >= 4 is 0 Å². The van der Waals surface area contributed by atoms with Gasteiger partial charge in [0.15, 0.2) is 11.5 Å². The number of hydrogen-bond donors (Lipinski definition) is 0. The van der Waals surface area contributed by atoms with Gasteiger partial charge >= 0.3 is 0 Å². The molecule has 1 aromatic heterocycles. The molecule has 1 unspecified atom stereocenters. The van der Waals surface area contributed by atoms with E-state index in [1.807, 2.05) is 0 Å². The van der Waals surface area contributed by atoms with E-state index in [0.29, 0.717) is 22.9 Å². The van der Waals surface area contributed by atoms with E-state index in [1.54, 1.807) is 0 Å². The van der Waals surface area contributed by atoms with E-state index in [0.717, 1.165) is 0 Å². The Morgan fingerprint density at radius 3 is 2.93 bits per heavy atom. The Labute approximate surface area is 80.6 Å². The minimum atomic E-state index is -1.33. The first-order chi connectivity index (χ1) is 6.76. The zero-order valence-electron chi connectivity index (χ0n) is 7.91. The maximum Gasteiger partial charge on any atom is 0.244 e. The molecule has 2 rings (SSSR count). The number of fused-ring (bicyclic) bond motifs is 1. The summed E-state index contributed by atoms with van der Waals surface area (Å²) in [6.07, 6.45) is 0.327. The average Bonchev–Trinajstić information content (AvgIpc) is 2.56. The van der Waals surface area contributed by atoms with Gasteiger partial charge in [-0.25, -0.2) is 4.39 Å². The molecule has 0 bridgehead atoms. The van der Waals surface area contributed by atoms with Crippen LogP contribution in [0.4, 0.5) is 4.39 Å². The number of methoxy groups -OCH3 is 2. The van der Waals surface area contributed by atoms with Gasteiger partial charge in [0.2, 0.25) is 12.1 Å². The molecule has 0 aliphatic carbocycles. The van der Waals surface area contributed by atoms with E-state index in [2.05, 4.69) is 4.98 Å². The molecule has 0 spiro atoms. The van der Waals surface area contributed by atoms with Gasteiger partial charge in [0.25, 0.3) is 0 Å². The lowest BCUT2D eigenvalue weighted by molar-refractivity contribution is 0.0879. The molecule has 0 N–H and O–H groups in total. The largest absolute Gasteiger partial charge is 0.491 e. The van der Waals surface area contributed by atoms with Crippen LogP contribution in [-0.4, -0.2) is 25.6 Å². The molecule has 76 valence electrons. The highest BCUT2D eigenvalue weighted by molar-refractivity contribution is 5.53. The number of rotatable bonds is 2. The molecule has 1 aliphatic rings. The van der Waals surface area contributed by atoms with Crippen molar-refractivity contribution in [1.82, 2.24) is 4.98 Å². The normalized spacial score (nSPS) is 18.6. The van der Waals surface area contributed by atoms with Crippen molar-refractivity contribution in [2.24, 2.45) is 0 Å². The number of aromatic nitrogens is 1. The average molecular weight is 199 g/mol. The van der Waals surface area contributed by atoms with Crippen molar-refractivity contribution in [2.75, 3.05) is 14.2 Å². The van der Waals surface area contributed by atoms with Crippen molar-refractivity contribution in [3.63, 3.8) is 0 Å². The SMILES string of the molecule is COc1cnc2c(c1OC)OC(F)C2. The van der Waals surface area contributed by atoms with Crippen LogP contribution in [0.25, 0.3) is 0 Å². The Morgan fingerprint density at radius 2 is 2.29 bits per heavy atom. The van der Waals surface area contributed by atoms with E-state index in [1.165, 1.54) is 20.4 Å². The number of nitrogens with zero attached hydrogens (tertiary/aromatic N) is 1. The first-order valence-electron chi connectivity index (χ1n) is 4.17. The number of hydrogen-bond acceptors (Lipinski definition) is 4. The van der Waals surface area contributed by atoms with Crippen molar-refractivity contribution in [2.45, 2.75) is 12.8 Å². The second-order valence-electron chi connectivity index (χ2n) is 2.87. The monoisotopic (exact) mass is 199 g/mol. The lowest BCUT2D eigenvalue weighted by Gasteiger charge is -2.10. The Bertz CT molecular complexity index is 356. The highest BCUT2D eigenvalue weighted by Gasteiger charge is 2.29. The van der Waals surface area contributed by atoms with E-state index >= 15 is 0 Å². The Hall–Kier alpha value is -1.52. The molecule has 2 heterocycles. The summed E-state index contributed by atoms with van der Waals surface area (Å²) < 4.78 is 27.9. The number of pyridine rings is 1. The third-order valence-corrected chi connectivity index (χ3v) is 2.05. The number of halogens is 1. The summed E-state index contributed by atoms with van der Waals surface area (Å²) in [6.45, 7) is 0. The first-order valence-corrected chi connectivity index (χ1v) is 4.17. The molecule has 0 aromatic carbocycles. The Morgan fingerprint density at radius 1 is 1.50 bits per heavy atom. The van der Waals surface area contributed by atoms with Crippen LogP contribution >= 0.6 is 0 Å². The minimum absolute atomic E-state index is 0.162. The molecule has 5 heteroatoms. The van der Waals surface area contributed by atoms with Gasteiger partial charge < -0.3 is 14.2 Å². The van der Waals surface area contributed by atoms with Crippen LogP contribution in [0.2, 0.25) is 0 Å². The van der Waals surface area contributed by atoms with Crippen LogP contribution in [0.5, 0.6) is 17.2 Å². The third-order valence-electron chi connectivity index (χ3n) is 2.05. The zero-order valence-corrected chi connectivity index (χ0v) is 7.91. The van der Waals surface area contributed by atoms with E-state index in [9.17, 15) is 4.39 Å². The van der Waals surface area contributed by atoms with Crippen molar-refractivity contribution < 1.29 is 18.6 Å². The molecule has 1 atom stereocenters. The van der Waals surface area contributed by atoms with Crippen LogP contribution in [0.15, 0.2) is 6.20 Å². The standard InChI is InChI=1S/C9H10FNO3/c1-12-6-4-11-5-3-7(10)14-8(5)9(6)13-2/h4,7H,3H2,1-2H3. The van der Waals surface area contributed by atoms with Gasteiger partial charge in [-0.05, 0) is 0 Å². The van der Waals surface area contributed by atoms with E-state index < -0.39 is 6.36 Å². The Kier molecular flexibility index (Phi) is 2.15. The number of ether oxygens (including phenoxy) is 3. The molecule has 1 aromatic rings. The summed E-state index contributed by atoms with van der Waals surface area (Å²) in [6, 6.07) is 0. The summed E-state index contributed by atoms with van der Waals surface area (Å²) in [5, 5.41) is 0. The van der Waals surface area contributed by atoms with Gasteiger partial charge in [0.1, 0.15) is 0 Å². The molecule has 1 aliphatic heterocycles. The van der Waals surface area contributed by atoms with Gasteiger partial charge in [-0.15, -0.1) is 0 Å². The van der Waals surface area contributed by atoms with Gasteiger partial charge in [-0.2, -0.15) is 0 Å². The molecule has 4 nitrogen and oxygen atoms in total. The quantitative estimate of drug-likeness (QED) is 0.720. The van der Waals surface area contributed by atoms with Gasteiger partial charge in [-0.3, -0.25) is 4.98 Å². The van der Waals surface area contributed by atoms with E-state index in [-0.39, 0.29) is 6.42 Å². The first kappa shape index (κ1) is 9.05. The molecule has 14 heavy (non-hydrogen) atoms. The van der Waals surface area contributed by atoms with Crippen molar-refractivity contribution in [3.8, 4) is 17.2 Å². The fourth-order valence-electron chi connectivity index (χ4n) is 1.42. The lowest BCUT2D eigenvalue weighted by Crippen LogP contribution is -2.03. The van der Waals surface area contributed by atoms with Crippen LogP contribution in [0.3, 0.4) is 0 Å². The van der Waals surface area contributed by atoms with Crippen LogP contribution < -0.4 is 14.2 Å². The predicted octanol–water partition coefficient (Wildman–Crippen LogP) is 1.33. The molecule has 0 radical (unpaired) electrons. The van der Waals surface area contributed by atoms with Gasteiger partial charge in [0, 0.05) is 0 Å². The van der Waals surface area contributed by atoms with Crippen LogP contribution in [0, 0.1) is 0 Å². The predicted molar refractivity (Wildman–Crippen MR) is 46.6 cm³/mol. The third kappa shape index (κ3) is 1.25. The Balaban J connectivity index is 2.49. The minimum Gasteiger partial charge on any atom is -0.491 e. The van der Waals surface area contributed by atoms with Crippen LogP contribution in [0.1, 0.15) is 5.69 Å². The zero-order chi connectivity index (χ0) is 10.1. The molecule has 0 amide bonds. The second kappa shape index (κ2) is 3.32. The summed E-state index contributed by atoms with van der Waals surface area (Å²) >= 11 is 0. The summed E-state index contributed by atoms with van der Waals surface area (Å²) in [5.74, 6) is 1.19. The molecular weight excluding hydrogens is 189 g/mol. The second-order valence-corrected chi connectivity index (χ2v) is 2.87. The molecule has 0 fully saturated rings. The highest BCUT2D eigenvalue weighted by Crippen LogP contribution is 2.42. The fourth-order valence-corrected chi connectivity index (χ4v) is 1.42.